The van der Waals surface area contributed by atoms with E-state index in [1.807, 2.05) is 23.9 Å². The van der Waals surface area contributed by atoms with Gasteiger partial charge in [-0.25, -0.2) is 0 Å². The number of rotatable bonds is 4. The van der Waals surface area contributed by atoms with Crippen LogP contribution in [0.3, 0.4) is 0 Å². The maximum atomic E-state index is 11.7. The second-order valence-corrected chi connectivity index (χ2v) is 4.20. The van der Waals surface area contributed by atoms with Crippen LogP contribution in [0.1, 0.15) is 12.1 Å². The first-order valence-electron chi connectivity index (χ1n) is 5.74. The number of aromatic nitrogens is 2. The molecule has 88 valence electrons. The van der Waals surface area contributed by atoms with Crippen molar-refractivity contribution in [2.24, 2.45) is 5.92 Å². The van der Waals surface area contributed by atoms with E-state index in [0.717, 1.165) is 31.7 Å². The molecule has 1 aliphatic rings. The zero-order valence-electron chi connectivity index (χ0n) is 9.57. The highest BCUT2D eigenvalue weighted by Crippen LogP contribution is 2.06. The number of carbonyl (C=O) groups excluding carboxylic acids is 1. The molecule has 2 heterocycles. The molecule has 16 heavy (non-hydrogen) atoms. The highest BCUT2D eigenvalue weighted by Gasteiger charge is 2.21. The van der Waals surface area contributed by atoms with Gasteiger partial charge in [-0.2, -0.15) is 5.10 Å². The lowest BCUT2D eigenvalue weighted by atomic mass is 10.1. The Kier molecular flexibility index (Phi) is 3.56. The predicted octanol–water partition coefficient (Wildman–Crippen LogP) is -0.0828. The SMILES string of the molecule is Cc1ccn(CCNC(=O)C2CCNC2)n1. The lowest BCUT2D eigenvalue weighted by Gasteiger charge is -2.09. The Morgan fingerprint density at radius 3 is 3.25 bits per heavy atom. The van der Waals surface area contributed by atoms with Crippen molar-refractivity contribution in [2.45, 2.75) is 19.9 Å². The lowest BCUT2D eigenvalue weighted by molar-refractivity contribution is -0.124. The third kappa shape index (κ3) is 2.82. The molecular formula is C11H18N4O. The number of amides is 1. The van der Waals surface area contributed by atoms with E-state index in [0.29, 0.717) is 6.54 Å². The number of nitrogens with zero attached hydrogens (tertiary/aromatic N) is 2. The molecule has 0 aromatic carbocycles. The van der Waals surface area contributed by atoms with Crippen molar-refractivity contribution in [1.29, 1.82) is 0 Å². The van der Waals surface area contributed by atoms with Gasteiger partial charge in [0, 0.05) is 19.3 Å². The Hall–Kier alpha value is -1.36. The standard InChI is InChI=1S/C11H18N4O/c1-9-3-6-15(14-9)7-5-13-11(16)10-2-4-12-8-10/h3,6,10,12H,2,4-5,7-8H2,1H3,(H,13,16). The smallest absolute Gasteiger partial charge is 0.224 e. The Morgan fingerprint density at radius 2 is 2.62 bits per heavy atom. The van der Waals surface area contributed by atoms with Crippen LogP contribution < -0.4 is 10.6 Å². The van der Waals surface area contributed by atoms with E-state index >= 15 is 0 Å². The average Bonchev–Trinajstić information content (AvgIpc) is 2.89. The average molecular weight is 222 g/mol. The van der Waals surface area contributed by atoms with Gasteiger partial charge in [-0.15, -0.1) is 0 Å². The first-order valence-corrected chi connectivity index (χ1v) is 5.74. The van der Waals surface area contributed by atoms with E-state index in [1.165, 1.54) is 0 Å². The molecular weight excluding hydrogens is 204 g/mol. The molecule has 1 atom stereocenters. The fourth-order valence-corrected chi connectivity index (χ4v) is 1.90. The van der Waals surface area contributed by atoms with Crippen LogP contribution in [0.4, 0.5) is 0 Å². The zero-order valence-corrected chi connectivity index (χ0v) is 9.57. The molecule has 5 heteroatoms. The van der Waals surface area contributed by atoms with Crippen molar-refractivity contribution in [2.75, 3.05) is 19.6 Å². The third-order valence-electron chi connectivity index (χ3n) is 2.85. The van der Waals surface area contributed by atoms with E-state index in [-0.39, 0.29) is 11.8 Å². The third-order valence-corrected chi connectivity index (χ3v) is 2.85. The van der Waals surface area contributed by atoms with E-state index in [2.05, 4.69) is 15.7 Å². The van der Waals surface area contributed by atoms with Crippen LogP contribution in [0, 0.1) is 12.8 Å². The van der Waals surface area contributed by atoms with Gasteiger partial charge in [-0.3, -0.25) is 9.48 Å². The number of hydrogen-bond donors (Lipinski definition) is 2. The van der Waals surface area contributed by atoms with Gasteiger partial charge in [0.2, 0.25) is 5.91 Å². The summed E-state index contributed by atoms with van der Waals surface area (Å²) in [5, 5.41) is 10.4. The van der Waals surface area contributed by atoms with Crippen molar-refractivity contribution in [3.8, 4) is 0 Å². The van der Waals surface area contributed by atoms with Gasteiger partial charge in [0.05, 0.1) is 18.2 Å². The molecule has 1 saturated heterocycles. The van der Waals surface area contributed by atoms with Gasteiger partial charge >= 0.3 is 0 Å². The molecule has 1 fully saturated rings. The monoisotopic (exact) mass is 222 g/mol. The molecule has 0 bridgehead atoms. The summed E-state index contributed by atoms with van der Waals surface area (Å²) in [6.45, 7) is 5.11. The van der Waals surface area contributed by atoms with E-state index in [9.17, 15) is 4.79 Å². The quantitative estimate of drug-likeness (QED) is 0.749. The highest BCUT2D eigenvalue weighted by atomic mass is 16.1. The van der Waals surface area contributed by atoms with Gasteiger partial charge in [0.25, 0.3) is 0 Å². The van der Waals surface area contributed by atoms with Gasteiger partial charge in [-0.05, 0) is 26.0 Å². The molecule has 5 nitrogen and oxygen atoms in total. The summed E-state index contributed by atoms with van der Waals surface area (Å²) < 4.78 is 1.85. The van der Waals surface area contributed by atoms with Gasteiger partial charge in [-0.1, -0.05) is 0 Å². The summed E-state index contributed by atoms with van der Waals surface area (Å²) in [5.41, 5.74) is 1.01. The topological polar surface area (TPSA) is 59.0 Å². The largest absolute Gasteiger partial charge is 0.354 e. The Labute approximate surface area is 95.2 Å². The number of carbonyl (C=O) groups is 1. The fraction of sp³-hybridized carbons (Fsp3) is 0.636. The van der Waals surface area contributed by atoms with Crippen molar-refractivity contribution < 1.29 is 4.79 Å². The summed E-state index contributed by atoms with van der Waals surface area (Å²) in [6, 6.07) is 1.96. The first kappa shape index (κ1) is 11.1. The molecule has 1 unspecified atom stereocenters. The molecule has 2 rings (SSSR count). The van der Waals surface area contributed by atoms with Crippen LogP contribution >= 0.6 is 0 Å². The Balaban J connectivity index is 1.69. The van der Waals surface area contributed by atoms with Crippen molar-refractivity contribution >= 4 is 5.91 Å². The van der Waals surface area contributed by atoms with Crippen LogP contribution in [0.15, 0.2) is 12.3 Å². The molecule has 1 aromatic heterocycles. The van der Waals surface area contributed by atoms with Gasteiger partial charge in [0.15, 0.2) is 0 Å². The molecule has 0 spiro atoms. The lowest BCUT2D eigenvalue weighted by Crippen LogP contribution is -2.34. The molecule has 0 radical (unpaired) electrons. The predicted molar refractivity (Wildman–Crippen MR) is 61.0 cm³/mol. The minimum Gasteiger partial charge on any atom is -0.354 e. The molecule has 1 amide bonds. The minimum absolute atomic E-state index is 0.152. The Morgan fingerprint density at radius 1 is 1.75 bits per heavy atom. The second kappa shape index (κ2) is 5.12. The van der Waals surface area contributed by atoms with Crippen LogP contribution in [0.5, 0.6) is 0 Å². The summed E-state index contributed by atoms with van der Waals surface area (Å²) in [5.74, 6) is 0.313. The van der Waals surface area contributed by atoms with E-state index in [4.69, 9.17) is 0 Å². The van der Waals surface area contributed by atoms with Gasteiger partial charge < -0.3 is 10.6 Å². The molecule has 2 N–H and O–H groups in total. The van der Waals surface area contributed by atoms with Gasteiger partial charge in [0.1, 0.15) is 0 Å². The zero-order chi connectivity index (χ0) is 11.4. The number of aryl methyl sites for hydroxylation is 1. The maximum absolute atomic E-state index is 11.7. The number of nitrogens with one attached hydrogen (secondary N) is 2. The summed E-state index contributed by atoms with van der Waals surface area (Å²) in [6.07, 6.45) is 2.88. The van der Waals surface area contributed by atoms with Crippen molar-refractivity contribution in [3.05, 3.63) is 18.0 Å². The second-order valence-electron chi connectivity index (χ2n) is 4.20. The maximum Gasteiger partial charge on any atom is 0.224 e. The number of hydrogen-bond acceptors (Lipinski definition) is 3. The van der Waals surface area contributed by atoms with Crippen LogP contribution in [0.25, 0.3) is 0 Å². The summed E-state index contributed by atoms with van der Waals surface area (Å²) in [4.78, 5) is 11.7. The van der Waals surface area contributed by atoms with Crippen LogP contribution in [0.2, 0.25) is 0 Å². The fourth-order valence-electron chi connectivity index (χ4n) is 1.90. The minimum atomic E-state index is 0.152. The van der Waals surface area contributed by atoms with Crippen LogP contribution in [-0.2, 0) is 11.3 Å². The van der Waals surface area contributed by atoms with Crippen LogP contribution in [-0.4, -0.2) is 35.3 Å². The van der Waals surface area contributed by atoms with E-state index < -0.39 is 0 Å². The van der Waals surface area contributed by atoms with Crippen molar-refractivity contribution in [3.63, 3.8) is 0 Å². The summed E-state index contributed by atoms with van der Waals surface area (Å²) >= 11 is 0. The molecule has 1 aromatic rings. The van der Waals surface area contributed by atoms with Crippen molar-refractivity contribution in [1.82, 2.24) is 20.4 Å². The molecule has 0 saturated carbocycles. The molecule has 0 aliphatic carbocycles. The Bertz CT molecular complexity index is 355. The molecule has 1 aliphatic heterocycles. The normalized spacial score (nSPS) is 19.9. The van der Waals surface area contributed by atoms with E-state index in [1.54, 1.807) is 0 Å². The highest BCUT2D eigenvalue weighted by molar-refractivity contribution is 5.79. The summed E-state index contributed by atoms with van der Waals surface area (Å²) in [7, 11) is 0. The first-order chi connectivity index (χ1) is 7.75.